The summed E-state index contributed by atoms with van der Waals surface area (Å²) in [5.41, 5.74) is 7.90. The Labute approximate surface area is 98.6 Å². The number of H-pyrrole nitrogens is 1. The standard InChI is InChI=1S/C12H13ClN2O/c1-7-12(11(16)4-5-14)9-3-2-8(13)6-10(9)15-7/h2-3,6,15H,4-5,14H2,1H3. The molecule has 0 aliphatic rings. The topological polar surface area (TPSA) is 58.9 Å². The first kappa shape index (κ1) is 11.2. The highest BCUT2D eigenvalue weighted by atomic mass is 35.5. The third kappa shape index (κ3) is 1.84. The van der Waals surface area contributed by atoms with E-state index in [4.69, 9.17) is 17.3 Å². The molecule has 3 N–H and O–H groups in total. The third-order valence-electron chi connectivity index (χ3n) is 2.60. The van der Waals surface area contributed by atoms with Crippen LogP contribution in [0.3, 0.4) is 0 Å². The average Bonchev–Trinajstić information content (AvgIpc) is 2.53. The number of aryl methyl sites for hydroxylation is 1. The van der Waals surface area contributed by atoms with Crippen LogP contribution in [0.15, 0.2) is 18.2 Å². The fraction of sp³-hybridized carbons (Fsp3) is 0.250. The van der Waals surface area contributed by atoms with Crippen molar-refractivity contribution < 1.29 is 4.79 Å². The Morgan fingerprint density at radius 2 is 2.25 bits per heavy atom. The lowest BCUT2D eigenvalue weighted by molar-refractivity contribution is 0.0986. The first-order valence-corrected chi connectivity index (χ1v) is 5.52. The van der Waals surface area contributed by atoms with Gasteiger partial charge in [0.15, 0.2) is 5.78 Å². The van der Waals surface area contributed by atoms with E-state index in [1.54, 1.807) is 6.07 Å². The number of aromatic amines is 1. The van der Waals surface area contributed by atoms with Crippen molar-refractivity contribution >= 4 is 28.3 Å². The number of nitrogens with two attached hydrogens (primary N) is 1. The number of carbonyl (C=O) groups excluding carboxylic acids is 1. The lowest BCUT2D eigenvalue weighted by Gasteiger charge is -1.99. The van der Waals surface area contributed by atoms with Crippen LogP contribution in [0.2, 0.25) is 5.02 Å². The maximum absolute atomic E-state index is 11.9. The van der Waals surface area contributed by atoms with Gasteiger partial charge in [-0.25, -0.2) is 0 Å². The fourth-order valence-corrected chi connectivity index (χ4v) is 2.09. The summed E-state index contributed by atoms with van der Waals surface area (Å²) in [4.78, 5) is 15.1. The maximum atomic E-state index is 11.9. The van der Waals surface area contributed by atoms with Gasteiger partial charge in [-0.1, -0.05) is 17.7 Å². The largest absolute Gasteiger partial charge is 0.358 e. The number of Topliss-reactive ketones (excluding diaryl/α,β-unsaturated/α-hetero) is 1. The van der Waals surface area contributed by atoms with Gasteiger partial charge in [-0.2, -0.15) is 0 Å². The van der Waals surface area contributed by atoms with E-state index < -0.39 is 0 Å². The Morgan fingerprint density at radius 3 is 2.94 bits per heavy atom. The summed E-state index contributed by atoms with van der Waals surface area (Å²) < 4.78 is 0. The number of hydrogen-bond donors (Lipinski definition) is 2. The number of ketones is 1. The summed E-state index contributed by atoms with van der Waals surface area (Å²) in [6, 6.07) is 5.48. The van der Waals surface area contributed by atoms with Gasteiger partial charge in [0.1, 0.15) is 0 Å². The van der Waals surface area contributed by atoms with Crippen molar-refractivity contribution in [2.24, 2.45) is 5.73 Å². The summed E-state index contributed by atoms with van der Waals surface area (Å²) >= 11 is 5.90. The molecule has 1 heterocycles. The number of fused-ring (bicyclic) bond motifs is 1. The van der Waals surface area contributed by atoms with E-state index >= 15 is 0 Å². The normalized spacial score (nSPS) is 10.9. The minimum Gasteiger partial charge on any atom is -0.358 e. The molecule has 0 saturated carbocycles. The molecule has 1 aromatic heterocycles. The molecule has 0 aliphatic carbocycles. The number of aromatic nitrogens is 1. The lowest BCUT2D eigenvalue weighted by atomic mass is 10.0. The molecule has 2 rings (SSSR count). The van der Waals surface area contributed by atoms with Crippen molar-refractivity contribution in [1.82, 2.24) is 4.98 Å². The van der Waals surface area contributed by atoms with Gasteiger partial charge >= 0.3 is 0 Å². The second-order valence-electron chi connectivity index (χ2n) is 3.78. The Bertz CT molecular complexity index is 545. The molecule has 84 valence electrons. The smallest absolute Gasteiger partial charge is 0.166 e. The molecule has 0 saturated heterocycles. The predicted octanol–water partition coefficient (Wildman–Crippen LogP) is 2.66. The monoisotopic (exact) mass is 236 g/mol. The van der Waals surface area contributed by atoms with E-state index in [1.165, 1.54) is 0 Å². The molecular formula is C12H13ClN2O. The SMILES string of the molecule is Cc1[nH]c2cc(Cl)ccc2c1C(=O)CCN. The molecule has 3 nitrogen and oxygen atoms in total. The van der Waals surface area contributed by atoms with Crippen LogP contribution in [0.5, 0.6) is 0 Å². The lowest BCUT2D eigenvalue weighted by Crippen LogP contribution is -2.08. The van der Waals surface area contributed by atoms with Gasteiger partial charge in [-0.3, -0.25) is 4.79 Å². The highest BCUT2D eigenvalue weighted by molar-refractivity contribution is 6.31. The zero-order valence-electron chi connectivity index (χ0n) is 9.01. The van der Waals surface area contributed by atoms with Crippen molar-refractivity contribution in [2.75, 3.05) is 6.54 Å². The number of halogens is 1. The van der Waals surface area contributed by atoms with Crippen LogP contribution in [-0.4, -0.2) is 17.3 Å². The average molecular weight is 237 g/mol. The summed E-state index contributed by atoms with van der Waals surface area (Å²) in [6.07, 6.45) is 0.371. The van der Waals surface area contributed by atoms with Crippen LogP contribution in [0, 0.1) is 6.92 Å². The van der Waals surface area contributed by atoms with Gasteiger partial charge in [-0.15, -0.1) is 0 Å². The number of hydrogen-bond acceptors (Lipinski definition) is 2. The molecule has 0 aliphatic heterocycles. The Kier molecular flexibility index (Phi) is 2.99. The van der Waals surface area contributed by atoms with Gasteiger partial charge in [0.2, 0.25) is 0 Å². The van der Waals surface area contributed by atoms with Gasteiger partial charge in [-0.05, 0) is 25.6 Å². The highest BCUT2D eigenvalue weighted by Crippen LogP contribution is 2.25. The second-order valence-corrected chi connectivity index (χ2v) is 4.21. The highest BCUT2D eigenvalue weighted by Gasteiger charge is 2.15. The molecule has 1 aromatic carbocycles. The van der Waals surface area contributed by atoms with Crippen LogP contribution >= 0.6 is 11.6 Å². The molecule has 4 heteroatoms. The minimum absolute atomic E-state index is 0.0774. The van der Waals surface area contributed by atoms with Gasteiger partial charge < -0.3 is 10.7 Å². The molecule has 16 heavy (non-hydrogen) atoms. The van der Waals surface area contributed by atoms with Crippen molar-refractivity contribution in [3.8, 4) is 0 Å². The van der Waals surface area contributed by atoms with Gasteiger partial charge in [0, 0.05) is 33.6 Å². The summed E-state index contributed by atoms with van der Waals surface area (Å²) in [5.74, 6) is 0.0774. The predicted molar refractivity (Wildman–Crippen MR) is 66.0 cm³/mol. The number of nitrogens with one attached hydrogen (secondary N) is 1. The number of carbonyl (C=O) groups is 1. The molecule has 0 fully saturated rings. The van der Waals surface area contributed by atoms with E-state index in [9.17, 15) is 4.79 Å². The molecule has 0 bridgehead atoms. The molecule has 0 radical (unpaired) electrons. The molecule has 0 atom stereocenters. The Balaban J connectivity index is 2.60. The van der Waals surface area contributed by atoms with Gasteiger partial charge in [0.05, 0.1) is 0 Å². The summed E-state index contributed by atoms with van der Waals surface area (Å²) in [6.45, 7) is 2.26. The van der Waals surface area contributed by atoms with E-state index in [1.807, 2.05) is 19.1 Å². The quantitative estimate of drug-likeness (QED) is 0.805. The summed E-state index contributed by atoms with van der Waals surface area (Å²) in [7, 11) is 0. The van der Waals surface area contributed by atoms with E-state index in [-0.39, 0.29) is 5.78 Å². The van der Waals surface area contributed by atoms with Gasteiger partial charge in [0.25, 0.3) is 0 Å². The molecule has 0 unspecified atom stereocenters. The molecule has 0 spiro atoms. The Hall–Kier alpha value is -1.32. The van der Waals surface area contributed by atoms with E-state index in [0.717, 1.165) is 22.2 Å². The number of benzene rings is 1. The van der Waals surface area contributed by atoms with E-state index in [2.05, 4.69) is 4.98 Å². The van der Waals surface area contributed by atoms with Crippen LogP contribution in [0.4, 0.5) is 0 Å². The van der Waals surface area contributed by atoms with Crippen LogP contribution in [-0.2, 0) is 0 Å². The van der Waals surface area contributed by atoms with Crippen molar-refractivity contribution in [2.45, 2.75) is 13.3 Å². The maximum Gasteiger partial charge on any atom is 0.166 e. The second kappa shape index (κ2) is 4.28. The Morgan fingerprint density at radius 1 is 1.50 bits per heavy atom. The zero-order valence-corrected chi connectivity index (χ0v) is 9.77. The fourth-order valence-electron chi connectivity index (χ4n) is 1.92. The zero-order chi connectivity index (χ0) is 11.7. The van der Waals surface area contributed by atoms with Crippen molar-refractivity contribution in [1.29, 1.82) is 0 Å². The molecule has 0 amide bonds. The van der Waals surface area contributed by atoms with Crippen molar-refractivity contribution in [3.05, 3.63) is 34.5 Å². The minimum atomic E-state index is 0.0774. The first-order chi connectivity index (χ1) is 7.63. The van der Waals surface area contributed by atoms with Crippen LogP contribution in [0.25, 0.3) is 10.9 Å². The third-order valence-corrected chi connectivity index (χ3v) is 2.83. The molecule has 2 aromatic rings. The van der Waals surface area contributed by atoms with Crippen LogP contribution in [0.1, 0.15) is 22.5 Å². The van der Waals surface area contributed by atoms with E-state index in [0.29, 0.717) is 18.0 Å². The summed E-state index contributed by atoms with van der Waals surface area (Å²) in [5, 5.41) is 1.58. The van der Waals surface area contributed by atoms with Crippen LogP contribution < -0.4 is 5.73 Å². The first-order valence-electron chi connectivity index (χ1n) is 5.14. The number of rotatable bonds is 3. The van der Waals surface area contributed by atoms with Crippen molar-refractivity contribution in [3.63, 3.8) is 0 Å². The molecular weight excluding hydrogens is 224 g/mol.